The number of anilines is 3. The Morgan fingerprint density at radius 1 is 0.286 bits per heavy atom. The van der Waals surface area contributed by atoms with Gasteiger partial charge >= 0.3 is 0 Å². The maximum Gasteiger partial charge on any atom is 0.0714 e. The maximum absolute atomic E-state index is 2.42. The van der Waals surface area contributed by atoms with Gasteiger partial charge in [0.25, 0.3) is 0 Å². The van der Waals surface area contributed by atoms with Crippen LogP contribution in [0, 0.1) is 0 Å². The minimum Gasteiger partial charge on any atom is -0.310 e. The zero-order chi connectivity index (χ0) is 41.7. The molecule has 12 rings (SSSR count). The molecule has 11 aromatic rings. The lowest BCUT2D eigenvalue weighted by atomic mass is 9.67. The largest absolute Gasteiger partial charge is 0.310 e. The standard InChI is InChI=1S/C61H41NS/c1-3-16-43(17-4-1)51-22-7-8-23-52(51)44-32-37-49(38-33-44)62(48-35-30-42(31-36-48)45-34-39-60-56(40-45)55-26-11-14-29-59(55)63-60)50-21-15-20-47(41-50)61(46-18-5-2-6-19-46)57-27-12-9-24-53(57)54-25-10-13-28-58(54)61/h1-41H. The van der Waals surface area contributed by atoms with Crippen molar-refractivity contribution in [3.05, 3.63) is 271 Å². The van der Waals surface area contributed by atoms with Gasteiger partial charge in [-0.25, -0.2) is 0 Å². The predicted octanol–water partition coefficient (Wildman–Crippen LogP) is 16.9. The zero-order valence-electron chi connectivity index (χ0n) is 34.5. The van der Waals surface area contributed by atoms with E-state index in [2.05, 4.69) is 254 Å². The molecule has 10 aromatic carbocycles. The summed E-state index contributed by atoms with van der Waals surface area (Å²) >= 11 is 1.86. The molecular weight excluding hydrogens is 779 g/mol. The van der Waals surface area contributed by atoms with Crippen LogP contribution in [0.5, 0.6) is 0 Å². The van der Waals surface area contributed by atoms with Crippen molar-refractivity contribution in [2.45, 2.75) is 5.41 Å². The Hall–Kier alpha value is -7.78. The highest BCUT2D eigenvalue weighted by molar-refractivity contribution is 7.25. The van der Waals surface area contributed by atoms with Gasteiger partial charge in [-0.15, -0.1) is 11.3 Å². The second-order valence-corrected chi connectivity index (χ2v) is 17.5. The smallest absolute Gasteiger partial charge is 0.0714 e. The van der Waals surface area contributed by atoms with E-state index in [0.717, 1.165) is 17.1 Å². The first-order valence-corrected chi connectivity index (χ1v) is 22.5. The summed E-state index contributed by atoms with van der Waals surface area (Å²) in [5, 5.41) is 2.63. The maximum atomic E-state index is 2.42. The fourth-order valence-corrected chi connectivity index (χ4v) is 11.2. The monoisotopic (exact) mass is 819 g/mol. The number of rotatable bonds is 8. The fraction of sp³-hybridized carbons (Fsp3) is 0.0164. The van der Waals surface area contributed by atoms with Gasteiger partial charge in [0.1, 0.15) is 0 Å². The summed E-state index contributed by atoms with van der Waals surface area (Å²) in [5.74, 6) is 0. The van der Waals surface area contributed by atoms with Crippen molar-refractivity contribution in [1.29, 1.82) is 0 Å². The quantitative estimate of drug-likeness (QED) is 0.148. The Bertz CT molecular complexity index is 3390. The number of hydrogen-bond acceptors (Lipinski definition) is 2. The minimum absolute atomic E-state index is 0.505. The summed E-state index contributed by atoms with van der Waals surface area (Å²) in [5.41, 5.74) is 17.7. The highest BCUT2D eigenvalue weighted by atomic mass is 32.1. The lowest BCUT2D eigenvalue weighted by Crippen LogP contribution is -2.28. The molecule has 0 fully saturated rings. The molecule has 63 heavy (non-hydrogen) atoms. The molecule has 0 saturated heterocycles. The molecule has 296 valence electrons. The van der Waals surface area contributed by atoms with Crippen LogP contribution in [0.2, 0.25) is 0 Å². The van der Waals surface area contributed by atoms with E-state index in [9.17, 15) is 0 Å². The highest BCUT2D eigenvalue weighted by Crippen LogP contribution is 2.56. The van der Waals surface area contributed by atoms with E-state index >= 15 is 0 Å². The third-order valence-corrected chi connectivity index (χ3v) is 14.1. The average Bonchev–Trinajstić information content (AvgIpc) is 3.89. The van der Waals surface area contributed by atoms with Crippen LogP contribution >= 0.6 is 11.3 Å². The van der Waals surface area contributed by atoms with E-state index in [0.29, 0.717) is 0 Å². The van der Waals surface area contributed by atoms with E-state index < -0.39 is 5.41 Å². The second kappa shape index (κ2) is 15.3. The highest BCUT2D eigenvalue weighted by Gasteiger charge is 2.46. The van der Waals surface area contributed by atoms with Gasteiger partial charge in [0.15, 0.2) is 0 Å². The third-order valence-electron chi connectivity index (χ3n) is 13.0. The van der Waals surface area contributed by atoms with Gasteiger partial charge in [-0.1, -0.05) is 194 Å². The lowest BCUT2D eigenvalue weighted by Gasteiger charge is -2.35. The number of thiophene rings is 1. The van der Waals surface area contributed by atoms with Crippen LogP contribution < -0.4 is 4.90 Å². The third kappa shape index (κ3) is 6.14. The summed E-state index contributed by atoms with van der Waals surface area (Å²) in [6.07, 6.45) is 0. The Labute approximate surface area is 372 Å². The molecule has 1 nitrogen and oxygen atoms in total. The van der Waals surface area contributed by atoms with Crippen molar-refractivity contribution in [1.82, 2.24) is 0 Å². The first-order valence-electron chi connectivity index (χ1n) is 21.7. The minimum atomic E-state index is -0.505. The van der Waals surface area contributed by atoms with Crippen molar-refractivity contribution in [3.8, 4) is 44.5 Å². The molecule has 1 aromatic heterocycles. The van der Waals surface area contributed by atoms with Crippen LogP contribution in [0.15, 0.2) is 249 Å². The van der Waals surface area contributed by atoms with E-state index in [1.54, 1.807) is 0 Å². The molecule has 0 radical (unpaired) electrons. The van der Waals surface area contributed by atoms with Crippen LogP contribution in [-0.2, 0) is 5.41 Å². The van der Waals surface area contributed by atoms with Crippen molar-refractivity contribution in [2.24, 2.45) is 0 Å². The molecule has 1 aliphatic rings. The normalized spacial score (nSPS) is 12.6. The van der Waals surface area contributed by atoms with Gasteiger partial charge in [-0.3, -0.25) is 0 Å². The molecule has 1 aliphatic carbocycles. The molecule has 0 aliphatic heterocycles. The van der Waals surface area contributed by atoms with Crippen LogP contribution in [0.3, 0.4) is 0 Å². The number of benzene rings is 10. The Kier molecular flexibility index (Phi) is 8.98. The first-order chi connectivity index (χ1) is 31.2. The molecule has 0 atom stereocenters. The van der Waals surface area contributed by atoms with E-state index in [-0.39, 0.29) is 0 Å². The summed E-state index contributed by atoms with van der Waals surface area (Å²) in [6.45, 7) is 0. The van der Waals surface area contributed by atoms with Crippen molar-refractivity contribution in [2.75, 3.05) is 4.90 Å². The molecule has 0 unspecified atom stereocenters. The molecule has 0 saturated carbocycles. The Balaban J connectivity index is 1.01. The van der Waals surface area contributed by atoms with Crippen molar-refractivity contribution >= 4 is 48.6 Å². The van der Waals surface area contributed by atoms with Gasteiger partial charge in [-0.05, 0) is 121 Å². The van der Waals surface area contributed by atoms with Crippen LogP contribution in [0.1, 0.15) is 22.3 Å². The summed E-state index contributed by atoms with van der Waals surface area (Å²) in [4.78, 5) is 2.42. The van der Waals surface area contributed by atoms with Crippen LogP contribution in [0.4, 0.5) is 17.1 Å². The molecule has 0 bridgehead atoms. The Morgan fingerprint density at radius 3 is 1.44 bits per heavy atom. The fourth-order valence-electron chi connectivity index (χ4n) is 10.1. The van der Waals surface area contributed by atoms with Crippen LogP contribution in [-0.4, -0.2) is 0 Å². The lowest BCUT2D eigenvalue weighted by molar-refractivity contribution is 0.768. The summed E-state index contributed by atoms with van der Waals surface area (Å²) in [7, 11) is 0. The van der Waals surface area contributed by atoms with Gasteiger partial charge in [0.05, 0.1) is 5.41 Å². The number of hydrogen-bond donors (Lipinski definition) is 0. The van der Waals surface area contributed by atoms with Gasteiger partial charge in [-0.2, -0.15) is 0 Å². The zero-order valence-corrected chi connectivity index (χ0v) is 35.3. The molecular formula is C61H41NS. The van der Waals surface area contributed by atoms with Gasteiger partial charge < -0.3 is 4.90 Å². The molecule has 1 heterocycles. The van der Waals surface area contributed by atoms with E-state index in [1.807, 2.05) is 11.3 Å². The number of fused-ring (bicyclic) bond motifs is 6. The predicted molar refractivity (Wildman–Crippen MR) is 268 cm³/mol. The topological polar surface area (TPSA) is 3.24 Å². The molecule has 0 amide bonds. The first kappa shape index (κ1) is 37.0. The van der Waals surface area contributed by atoms with Gasteiger partial charge in [0, 0.05) is 37.2 Å². The average molecular weight is 820 g/mol. The molecule has 0 spiro atoms. The molecule has 0 N–H and O–H groups in total. The van der Waals surface area contributed by atoms with E-state index in [1.165, 1.54) is 86.9 Å². The summed E-state index contributed by atoms with van der Waals surface area (Å²) < 4.78 is 2.64. The number of nitrogens with zero attached hydrogens (tertiary/aromatic N) is 1. The van der Waals surface area contributed by atoms with Crippen molar-refractivity contribution < 1.29 is 0 Å². The molecule has 2 heteroatoms. The van der Waals surface area contributed by atoms with Gasteiger partial charge in [0.2, 0.25) is 0 Å². The SMILES string of the molecule is c1ccc(-c2ccccc2-c2ccc(N(c3ccc(-c4ccc5sc6ccccc6c5c4)cc3)c3cccc(C4(c5ccccc5)c5ccccc5-c5ccccc54)c3)cc2)cc1. The van der Waals surface area contributed by atoms with Crippen LogP contribution in [0.25, 0.3) is 64.7 Å². The Morgan fingerprint density at radius 2 is 0.778 bits per heavy atom. The summed E-state index contributed by atoms with van der Waals surface area (Å²) in [6, 6.07) is 91.5. The van der Waals surface area contributed by atoms with Crippen molar-refractivity contribution in [3.63, 3.8) is 0 Å². The second-order valence-electron chi connectivity index (χ2n) is 16.4. The van der Waals surface area contributed by atoms with E-state index in [4.69, 9.17) is 0 Å².